The van der Waals surface area contributed by atoms with E-state index in [0.29, 0.717) is 17.9 Å². The smallest absolute Gasteiger partial charge is 0.229 e. The van der Waals surface area contributed by atoms with Crippen LogP contribution in [0, 0.1) is 17.8 Å². The number of para-hydroxylation sites is 2. The Kier molecular flexibility index (Phi) is 2.16. The largest absolute Gasteiger partial charge is 0.380 e. The molecule has 0 radical (unpaired) electrons. The predicted octanol–water partition coefficient (Wildman–Crippen LogP) is 2.86. The number of carbonyl (C=O) groups is 1. The van der Waals surface area contributed by atoms with Crippen LogP contribution < -0.4 is 10.6 Å². The van der Waals surface area contributed by atoms with Crippen molar-refractivity contribution in [2.24, 2.45) is 17.8 Å². The van der Waals surface area contributed by atoms with Gasteiger partial charge in [0.15, 0.2) is 0 Å². The van der Waals surface area contributed by atoms with Crippen molar-refractivity contribution < 1.29 is 4.79 Å². The summed E-state index contributed by atoms with van der Waals surface area (Å²) in [7, 11) is 0. The maximum atomic E-state index is 12.5. The molecule has 3 fully saturated rings. The molecule has 0 saturated heterocycles. The molecule has 0 aromatic heterocycles. The molecule has 4 aliphatic rings. The third kappa shape index (κ3) is 1.39. The maximum Gasteiger partial charge on any atom is 0.229 e. The number of benzene rings is 1. The summed E-state index contributed by atoms with van der Waals surface area (Å²) < 4.78 is 0. The number of fused-ring (bicyclic) bond motifs is 3. The fourth-order valence-electron chi connectivity index (χ4n) is 4.15. The summed E-state index contributed by atoms with van der Waals surface area (Å²) in [4.78, 5) is 12.5. The molecule has 0 spiro atoms. The summed E-state index contributed by atoms with van der Waals surface area (Å²) in [6, 6.07) is 8.41. The van der Waals surface area contributed by atoms with Crippen molar-refractivity contribution in [1.82, 2.24) is 0 Å². The lowest BCUT2D eigenvalue weighted by Gasteiger charge is -2.47. The number of carbonyl (C=O) groups excluding carboxylic acids is 1. The van der Waals surface area contributed by atoms with E-state index in [-0.39, 0.29) is 11.8 Å². The fraction of sp³-hybridized carbons (Fsp3) is 0.533. The fourth-order valence-corrected chi connectivity index (χ4v) is 4.15. The van der Waals surface area contributed by atoms with E-state index >= 15 is 0 Å². The first kappa shape index (κ1) is 10.4. The monoisotopic (exact) mass is 242 g/mol. The molecule has 1 aromatic rings. The van der Waals surface area contributed by atoms with E-state index in [0.717, 1.165) is 11.4 Å². The highest BCUT2D eigenvalue weighted by Gasteiger charge is 2.48. The molecule has 18 heavy (non-hydrogen) atoms. The SMILES string of the molecule is O=C1Nc2ccccc2NC2C3CCC(CC3)C12. The molecular formula is C15H18N2O. The number of rotatable bonds is 0. The molecule has 3 aliphatic carbocycles. The van der Waals surface area contributed by atoms with Crippen molar-refractivity contribution in [3.05, 3.63) is 24.3 Å². The van der Waals surface area contributed by atoms with Crippen LogP contribution in [0.15, 0.2) is 24.3 Å². The Labute approximate surface area is 107 Å². The zero-order valence-corrected chi connectivity index (χ0v) is 10.4. The minimum Gasteiger partial charge on any atom is -0.380 e. The molecule has 2 unspecified atom stereocenters. The second-order valence-corrected chi connectivity index (χ2v) is 5.91. The molecule has 3 heteroatoms. The second-order valence-electron chi connectivity index (χ2n) is 5.91. The number of hydrogen-bond donors (Lipinski definition) is 2. The first-order valence-electron chi connectivity index (χ1n) is 6.99. The van der Waals surface area contributed by atoms with E-state index in [4.69, 9.17) is 0 Å². The summed E-state index contributed by atoms with van der Waals surface area (Å²) in [6.45, 7) is 0. The molecule has 2 N–H and O–H groups in total. The summed E-state index contributed by atoms with van der Waals surface area (Å²) >= 11 is 0. The van der Waals surface area contributed by atoms with Gasteiger partial charge in [-0.15, -0.1) is 0 Å². The van der Waals surface area contributed by atoms with Crippen molar-refractivity contribution >= 4 is 17.3 Å². The molecule has 1 aromatic carbocycles. The summed E-state index contributed by atoms with van der Waals surface area (Å²) in [5.74, 6) is 1.66. The lowest BCUT2D eigenvalue weighted by molar-refractivity contribution is -0.125. The Bertz CT molecular complexity index is 491. The van der Waals surface area contributed by atoms with E-state index < -0.39 is 0 Å². The van der Waals surface area contributed by atoms with Gasteiger partial charge < -0.3 is 10.6 Å². The van der Waals surface area contributed by atoms with Gasteiger partial charge in [0.05, 0.1) is 17.3 Å². The Morgan fingerprint density at radius 2 is 1.61 bits per heavy atom. The number of amides is 1. The van der Waals surface area contributed by atoms with Crippen LogP contribution in [0.25, 0.3) is 0 Å². The summed E-state index contributed by atoms with van der Waals surface area (Å²) in [6.07, 6.45) is 5.04. The van der Waals surface area contributed by atoms with Gasteiger partial charge in [-0.05, 0) is 49.7 Å². The molecule has 3 saturated carbocycles. The van der Waals surface area contributed by atoms with E-state index in [2.05, 4.69) is 16.7 Å². The van der Waals surface area contributed by atoms with Crippen LogP contribution in [0.3, 0.4) is 0 Å². The molecule has 1 aliphatic heterocycles. The number of anilines is 2. The Balaban J connectivity index is 1.77. The molecule has 3 nitrogen and oxygen atoms in total. The van der Waals surface area contributed by atoms with Gasteiger partial charge in [0, 0.05) is 6.04 Å². The minimum absolute atomic E-state index is 0.171. The third-order valence-corrected chi connectivity index (χ3v) is 5.03. The van der Waals surface area contributed by atoms with Crippen LogP contribution in [-0.4, -0.2) is 11.9 Å². The van der Waals surface area contributed by atoms with Crippen molar-refractivity contribution in [3.63, 3.8) is 0 Å². The van der Waals surface area contributed by atoms with Gasteiger partial charge in [-0.1, -0.05) is 12.1 Å². The molecule has 1 heterocycles. The highest BCUT2D eigenvalue weighted by molar-refractivity contribution is 5.98. The number of nitrogens with one attached hydrogen (secondary N) is 2. The van der Waals surface area contributed by atoms with Gasteiger partial charge in [-0.3, -0.25) is 4.79 Å². The quantitative estimate of drug-likeness (QED) is 0.734. The van der Waals surface area contributed by atoms with Crippen molar-refractivity contribution in [2.75, 3.05) is 10.6 Å². The predicted molar refractivity (Wildman–Crippen MR) is 71.4 cm³/mol. The van der Waals surface area contributed by atoms with E-state index in [1.165, 1.54) is 25.7 Å². The maximum absolute atomic E-state index is 12.5. The zero-order chi connectivity index (χ0) is 12.1. The van der Waals surface area contributed by atoms with Gasteiger partial charge in [-0.2, -0.15) is 0 Å². The lowest BCUT2D eigenvalue weighted by Crippen LogP contribution is -2.51. The summed E-state index contributed by atoms with van der Waals surface area (Å²) in [5, 5.41) is 6.74. The molecule has 94 valence electrons. The van der Waals surface area contributed by atoms with Crippen LogP contribution in [0.5, 0.6) is 0 Å². The average molecular weight is 242 g/mol. The van der Waals surface area contributed by atoms with Gasteiger partial charge in [0.2, 0.25) is 5.91 Å². The van der Waals surface area contributed by atoms with Crippen LogP contribution in [0.1, 0.15) is 25.7 Å². The van der Waals surface area contributed by atoms with E-state index in [1.807, 2.05) is 18.2 Å². The van der Waals surface area contributed by atoms with E-state index in [1.54, 1.807) is 0 Å². The third-order valence-electron chi connectivity index (χ3n) is 5.03. The van der Waals surface area contributed by atoms with Gasteiger partial charge in [-0.25, -0.2) is 0 Å². The van der Waals surface area contributed by atoms with Gasteiger partial charge in [0.25, 0.3) is 0 Å². The molecule has 1 amide bonds. The number of hydrogen-bond acceptors (Lipinski definition) is 2. The standard InChI is InChI=1S/C15H18N2O/c18-15-13-9-5-7-10(8-6-9)14(13)16-11-3-1-2-4-12(11)17-15/h1-4,9-10,13-14,16H,5-8H2,(H,17,18). The molecule has 5 rings (SSSR count). The van der Waals surface area contributed by atoms with Crippen LogP contribution in [0.2, 0.25) is 0 Å². The van der Waals surface area contributed by atoms with Crippen LogP contribution in [0.4, 0.5) is 11.4 Å². The summed E-state index contributed by atoms with van der Waals surface area (Å²) in [5.41, 5.74) is 2.03. The average Bonchev–Trinajstić information content (AvgIpc) is 2.57. The highest BCUT2D eigenvalue weighted by atomic mass is 16.2. The van der Waals surface area contributed by atoms with Crippen LogP contribution in [-0.2, 0) is 4.79 Å². The molecular weight excluding hydrogens is 224 g/mol. The molecule has 2 atom stereocenters. The van der Waals surface area contributed by atoms with Crippen LogP contribution >= 0.6 is 0 Å². The van der Waals surface area contributed by atoms with E-state index in [9.17, 15) is 4.79 Å². The van der Waals surface area contributed by atoms with Crippen molar-refractivity contribution in [2.45, 2.75) is 31.7 Å². The Morgan fingerprint density at radius 1 is 0.944 bits per heavy atom. The Hall–Kier alpha value is -1.51. The zero-order valence-electron chi connectivity index (χ0n) is 10.4. The van der Waals surface area contributed by atoms with Crippen molar-refractivity contribution in [3.8, 4) is 0 Å². The highest BCUT2D eigenvalue weighted by Crippen LogP contribution is 2.48. The topological polar surface area (TPSA) is 41.1 Å². The van der Waals surface area contributed by atoms with Gasteiger partial charge in [0.1, 0.15) is 0 Å². The van der Waals surface area contributed by atoms with Crippen molar-refractivity contribution in [1.29, 1.82) is 0 Å². The normalized spacial score (nSPS) is 37.0. The lowest BCUT2D eigenvalue weighted by atomic mass is 9.61. The second kappa shape index (κ2) is 3.74. The Morgan fingerprint density at radius 3 is 2.39 bits per heavy atom. The van der Waals surface area contributed by atoms with Gasteiger partial charge >= 0.3 is 0 Å². The minimum atomic E-state index is 0.171. The molecule has 2 bridgehead atoms. The first-order chi connectivity index (χ1) is 8.83. The first-order valence-corrected chi connectivity index (χ1v) is 6.99.